The Kier molecular flexibility index (Phi) is 4.20. The summed E-state index contributed by atoms with van der Waals surface area (Å²) in [5.74, 6) is 0.910. The third-order valence-corrected chi connectivity index (χ3v) is 5.66. The zero-order valence-corrected chi connectivity index (χ0v) is 14.3. The van der Waals surface area contributed by atoms with Gasteiger partial charge in [0.25, 0.3) is 0 Å². The molecule has 0 aromatic carbocycles. The van der Waals surface area contributed by atoms with Gasteiger partial charge in [-0.15, -0.1) is 0 Å². The fourth-order valence-electron chi connectivity index (χ4n) is 3.34. The van der Waals surface area contributed by atoms with E-state index >= 15 is 0 Å². The summed E-state index contributed by atoms with van der Waals surface area (Å²) in [7, 11) is 0. The maximum absolute atomic E-state index is 4.63. The molecule has 20 heavy (non-hydrogen) atoms. The highest BCUT2D eigenvalue weighted by molar-refractivity contribution is 9.10. The topological polar surface area (TPSA) is 33.1 Å². The minimum absolute atomic E-state index is 0.586. The van der Waals surface area contributed by atoms with E-state index in [1.807, 2.05) is 0 Å². The summed E-state index contributed by atoms with van der Waals surface area (Å²) in [6.45, 7) is 10.8. The number of halogens is 1. The Morgan fingerprint density at radius 3 is 2.80 bits per heavy atom. The smallest absolute Gasteiger partial charge is 0.0739 e. The van der Waals surface area contributed by atoms with Gasteiger partial charge in [-0.25, -0.2) is 0 Å². The lowest BCUT2D eigenvalue weighted by Crippen LogP contribution is -2.56. The van der Waals surface area contributed by atoms with Crippen molar-refractivity contribution in [2.45, 2.75) is 58.8 Å². The van der Waals surface area contributed by atoms with E-state index in [1.165, 1.54) is 23.0 Å². The Hall–Kier alpha value is -0.390. The number of aryl methyl sites for hydroxylation is 2. The number of rotatable bonds is 4. The van der Waals surface area contributed by atoms with Crippen molar-refractivity contribution in [3.63, 3.8) is 0 Å². The van der Waals surface area contributed by atoms with Crippen LogP contribution in [0, 0.1) is 12.8 Å². The number of hydrogen-bond donors (Lipinski definition) is 1. The van der Waals surface area contributed by atoms with Gasteiger partial charge in [-0.2, -0.15) is 5.10 Å². The van der Waals surface area contributed by atoms with Crippen molar-refractivity contribution in [3.8, 4) is 0 Å². The van der Waals surface area contributed by atoms with Crippen LogP contribution < -0.4 is 5.32 Å². The van der Waals surface area contributed by atoms with E-state index in [0.717, 1.165) is 37.8 Å². The third kappa shape index (κ3) is 2.81. The molecule has 112 valence electrons. The van der Waals surface area contributed by atoms with Crippen LogP contribution in [0.25, 0.3) is 0 Å². The number of aromatic nitrogens is 2. The van der Waals surface area contributed by atoms with Crippen LogP contribution in [0.2, 0.25) is 0 Å². The molecule has 3 rings (SSSR count). The molecule has 2 unspecified atom stereocenters. The van der Waals surface area contributed by atoms with Crippen molar-refractivity contribution in [3.05, 3.63) is 15.9 Å². The van der Waals surface area contributed by atoms with Gasteiger partial charge in [0.05, 0.1) is 15.9 Å². The van der Waals surface area contributed by atoms with Crippen molar-refractivity contribution in [2.75, 3.05) is 13.1 Å². The van der Waals surface area contributed by atoms with Crippen LogP contribution in [0.4, 0.5) is 0 Å². The summed E-state index contributed by atoms with van der Waals surface area (Å²) in [6.07, 6.45) is 2.81. The minimum atomic E-state index is 0.586. The average Bonchev–Trinajstić information content (AvgIpc) is 3.22. The molecule has 0 radical (unpaired) electrons. The lowest BCUT2D eigenvalue weighted by atomic mass is 10.1. The molecule has 2 aliphatic rings. The molecule has 1 N–H and O–H groups in total. The number of hydrogen-bond acceptors (Lipinski definition) is 3. The molecule has 4 nitrogen and oxygen atoms in total. The first-order valence-electron chi connectivity index (χ1n) is 7.79. The van der Waals surface area contributed by atoms with Gasteiger partial charge in [0.15, 0.2) is 0 Å². The van der Waals surface area contributed by atoms with E-state index < -0.39 is 0 Å². The number of nitrogens with zero attached hydrogens (tertiary/aromatic N) is 3. The van der Waals surface area contributed by atoms with E-state index in [9.17, 15) is 0 Å². The van der Waals surface area contributed by atoms with Gasteiger partial charge >= 0.3 is 0 Å². The molecule has 1 aliphatic carbocycles. The molecule has 5 heteroatoms. The average molecular weight is 341 g/mol. The number of piperazine rings is 1. The molecule has 1 aliphatic heterocycles. The quantitative estimate of drug-likeness (QED) is 0.914. The Balaban J connectivity index is 1.80. The maximum Gasteiger partial charge on any atom is 0.0739 e. The van der Waals surface area contributed by atoms with Gasteiger partial charge in [-0.3, -0.25) is 9.58 Å². The SMILES string of the molecule is CCn1nc(C)c(Br)c1CN1CC(C)NCC1C1CC1. The fraction of sp³-hybridized carbons (Fsp3) is 0.800. The molecule has 0 amide bonds. The van der Waals surface area contributed by atoms with Crippen molar-refractivity contribution < 1.29 is 0 Å². The normalized spacial score (nSPS) is 28.0. The summed E-state index contributed by atoms with van der Waals surface area (Å²) in [4.78, 5) is 2.67. The zero-order chi connectivity index (χ0) is 14.3. The van der Waals surface area contributed by atoms with Gasteiger partial charge in [0.1, 0.15) is 0 Å². The van der Waals surface area contributed by atoms with Crippen LogP contribution in [0.15, 0.2) is 4.47 Å². The molecule has 2 heterocycles. The largest absolute Gasteiger partial charge is 0.311 e. The molecule has 1 saturated carbocycles. The molecule has 2 atom stereocenters. The highest BCUT2D eigenvalue weighted by Gasteiger charge is 2.38. The van der Waals surface area contributed by atoms with Gasteiger partial charge in [-0.05, 0) is 55.5 Å². The third-order valence-electron chi connectivity index (χ3n) is 4.62. The highest BCUT2D eigenvalue weighted by atomic mass is 79.9. The van der Waals surface area contributed by atoms with Gasteiger partial charge < -0.3 is 5.32 Å². The van der Waals surface area contributed by atoms with Crippen LogP contribution in [0.3, 0.4) is 0 Å². The summed E-state index contributed by atoms with van der Waals surface area (Å²) in [6, 6.07) is 1.29. The van der Waals surface area contributed by atoms with Crippen LogP contribution in [0.1, 0.15) is 38.1 Å². The summed E-state index contributed by atoms with van der Waals surface area (Å²) >= 11 is 3.73. The predicted octanol–water partition coefficient (Wildman–Crippen LogP) is 2.55. The van der Waals surface area contributed by atoms with Gasteiger partial charge in [0, 0.05) is 38.3 Å². The standard InChI is InChI=1S/C15H25BrN4/c1-4-20-14(15(16)11(3)18-20)9-19-8-10(2)17-7-13(19)12-5-6-12/h10,12-13,17H,4-9H2,1-3H3. The first-order valence-corrected chi connectivity index (χ1v) is 8.58. The van der Waals surface area contributed by atoms with Crippen LogP contribution >= 0.6 is 15.9 Å². The van der Waals surface area contributed by atoms with Crippen molar-refractivity contribution in [1.29, 1.82) is 0 Å². The lowest BCUT2D eigenvalue weighted by Gasteiger charge is -2.39. The Morgan fingerprint density at radius 2 is 2.15 bits per heavy atom. The Labute approximate surface area is 130 Å². The van der Waals surface area contributed by atoms with Crippen LogP contribution in [0.5, 0.6) is 0 Å². The van der Waals surface area contributed by atoms with E-state index in [4.69, 9.17) is 0 Å². The molecule has 0 bridgehead atoms. The molecular formula is C15H25BrN4. The molecule has 1 aromatic heterocycles. The second-order valence-corrected chi connectivity index (χ2v) is 7.10. The molecule has 1 aromatic rings. The second-order valence-electron chi connectivity index (χ2n) is 6.31. The fourth-order valence-corrected chi connectivity index (χ4v) is 3.75. The van der Waals surface area contributed by atoms with E-state index in [-0.39, 0.29) is 0 Å². The van der Waals surface area contributed by atoms with Crippen molar-refractivity contribution >= 4 is 15.9 Å². The van der Waals surface area contributed by atoms with Crippen molar-refractivity contribution in [1.82, 2.24) is 20.0 Å². The number of nitrogens with one attached hydrogen (secondary N) is 1. The van der Waals surface area contributed by atoms with Crippen molar-refractivity contribution in [2.24, 2.45) is 5.92 Å². The monoisotopic (exact) mass is 340 g/mol. The summed E-state index contributed by atoms with van der Waals surface area (Å²) in [5, 5.41) is 8.27. The van der Waals surface area contributed by atoms with Crippen LogP contribution in [-0.2, 0) is 13.1 Å². The molecule has 0 spiro atoms. The highest BCUT2D eigenvalue weighted by Crippen LogP contribution is 2.37. The zero-order valence-electron chi connectivity index (χ0n) is 12.7. The molecule has 1 saturated heterocycles. The Morgan fingerprint density at radius 1 is 1.40 bits per heavy atom. The first kappa shape index (κ1) is 14.5. The van der Waals surface area contributed by atoms with Gasteiger partial charge in [-0.1, -0.05) is 0 Å². The second kappa shape index (κ2) is 5.78. The Bertz CT molecular complexity index is 480. The van der Waals surface area contributed by atoms with Crippen LogP contribution in [-0.4, -0.2) is 39.9 Å². The minimum Gasteiger partial charge on any atom is -0.311 e. The van der Waals surface area contributed by atoms with Gasteiger partial charge in [0.2, 0.25) is 0 Å². The summed E-state index contributed by atoms with van der Waals surface area (Å²) in [5.41, 5.74) is 2.44. The van der Waals surface area contributed by atoms with E-state index in [0.29, 0.717) is 12.1 Å². The maximum atomic E-state index is 4.63. The molecular weight excluding hydrogens is 316 g/mol. The van der Waals surface area contributed by atoms with E-state index in [1.54, 1.807) is 0 Å². The first-order chi connectivity index (χ1) is 9.60. The molecule has 2 fully saturated rings. The predicted molar refractivity (Wildman–Crippen MR) is 84.7 cm³/mol. The lowest BCUT2D eigenvalue weighted by molar-refractivity contribution is 0.109. The van der Waals surface area contributed by atoms with E-state index in [2.05, 4.69) is 56.7 Å². The summed E-state index contributed by atoms with van der Waals surface area (Å²) < 4.78 is 3.34.